The highest BCUT2D eigenvalue weighted by molar-refractivity contribution is 6.02. The van der Waals surface area contributed by atoms with Crippen LogP contribution in [0.15, 0.2) is 48.7 Å². The maximum absolute atomic E-state index is 13.7. The summed E-state index contributed by atoms with van der Waals surface area (Å²) in [5.74, 6) is 0.652. The molecule has 0 saturated heterocycles. The summed E-state index contributed by atoms with van der Waals surface area (Å²) >= 11 is 0. The van der Waals surface area contributed by atoms with E-state index in [-0.39, 0.29) is 5.52 Å². The Morgan fingerprint density at radius 3 is 2.58 bits per heavy atom. The van der Waals surface area contributed by atoms with Crippen LogP contribution in [0.3, 0.4) is 0 Å². The van der Waals surface area contributed by atoms with Gasteiger partial charge in [0.2, 0.25) is 0 Å². The first-order chi connectivity index (χ1) is 15.0. The van der Waals surface area contributed by atoms with E-state index in [9.17, 15) is 13.2 Å². The van der Waals surface area contributed by atoms with Crippen LogP contribution in [-0.4, -0.2) is 23.1 Å². The Morgan fingerprint density at radius 1 is 1.03 bits per heavy atom. The SMILES string of the molecule is CCOc1ccc(-c2[nH]c3c(C(F)(F)F)cccc3c2CCCCN)c2cccnc12. The quantitative estimate of drug-likeness (QED) is 0.351. The van der Waals surface area contributed by atoms with Crippen molar-refractivity contribution in [1.29, 1.82) is 0 Å². The topological polar surface area (TPSA) is 63.9 Å². The number of nitrogens with zero attached hydrogens (tertiary/aromatic N) is 1. The lowest BCUT2D eigenvalue weighted by molar-refractivity contribution is -0.136. The minimum atomic E-state index is -4.45. The minimum Gasteiger partial charge on any atom is -0.492 e. The van der Waals surface area contributed by atoms with Crippen molar-refractivity contribution in [3.05, 3.63) is 59.8 Å². The van der Waals surface area contributed by atoms with Crippen molar-refractivity contribution in [1.82, 2.24) is 9.97 Å². The number of unbranched alkanes of at least 4 members (excludes halogenated alkanes) is 1. The van der Waals surface area contributed by atoms with Crippen LogP contribution < -0.4 is 10.5 Å². The van der Waals surface area contributed by atoms with Crippen molar-refractivity contribution in [2.75, 3.05) is 13.2 Å². The number of aryl methyl sites for hydroxylation is 1. The molecule has 0 atom stereocenters. The van der Waals surface area contributed by atoms with E-state index in [4.69, 9.17) is 10.5 Å². The zero-order valence-electron chi connectivity index (χ0n) is 17.2. The van der Waals surface area contributed by atoms with Crippen LogP contribution >= 0.6 is 0 Å². The maximum atomic E-state index is 13.7. The Hall–Kier alpha value is -3.06. The van der Waals surface area contributed by atoms with Gasteiger partial charge in [-0.2, -0.15) is 13.2 Å². The lowest BCUT2D eigenvalue weighted by atomic mass is 9.97. The molecule has 0 aliphatic heterocycles. The smallest absolute Gasteiger partial charge is 0.418 e. The third kappa shape index (κ3) is 3.97. The number of H-pyrrole nitrogens is 1. The van der Waals surface area contributed by atoms with Crippen molar-refractivity contribution in [3.8, 4) is 17.0 Å². The molecule has 0 aliphatic rings. The molecule has 0 radical (unpaired) electrons. The Labute approximate surface area is 178 Å². The van der Waals surface area contributed by atoms with Gasteiger partial charge in [-0.1, -0.05) is 18.2 Å². The summed E-state index contributed by atoms with van der Waals surface area (Å²) < 4.78 is 46.8. The van der Waals surface area contributed by atoms with Gasteiger partial charge in [0.1, 0.15) is 11.3 Å². The summed E-state index contributed by atoms with van der Waals surface area (Å²) in [4.78, 5) is 7.57. The van der Waals surface area contributed by atoms with Crippen molar-refractivity contribution >= 4 is 21.8 Å². The molecule has 162 valence electrons. The second kappa shape index (κ2) is 8.59. The number of halogens is 3. The third-order valence-corrected chi connectivity index (χ3v) is 5.43. The molecule has 4 nitrogen and oxygen atoms in total. The summed E-state index contributed by atoms with van der Waals surface area (Å²) in [6.45, 7) is 2.94. The molecular formula is C24H24F3N3O. The highest BCUT2D eigenvalue weighted by Crippen LogP contribution is 2.41. The summed E-state index contributed by atoms with van der Waals surface area (Å²) in [6.07, 6.45) is -0.540. The van der Waals surface area contributed by atoms with E-state index in [1.165, 1.54) is 6.07 Å². The molecule has 0 fully saturated rings. The highest BCUT2D eigenvalue weighted by atomic mass is 19.4. The van der Waals surface area contributed by atoms with Crippen molar-refractivity contribution < 1.29 is 17.9 Å². The van der Waals surface area contributed by atoms with Crippen LogP contribution in [0.4, 0.5) is 13.2 Å². The third-order valence-electron chi connectivity index (χ3n) is 5.43. The molecule has 7 heteroatoms. The first-order valence-electron chi connectivity index (χ1n) is 10.4. The lowest BCUT2D eigenvalue weighted by Gasteiger charge is -2.12. The molecule has 31 heavy (non-hydrogen) atoms. The second-order valence-electron chi connectivity index (χ2n) is 7.39. The Morgan fingerprint density at radius 2 is 1.84 bits per heavy atom. The van der Waals surface area contributed by atoms with Gasteiger partial charge in [0.15, 0.2) is 0 Å². The number of hydrogen-bond acceptors (Lipinski definition) is 3. The zero-order valence-corrected chi connectivity index (χ0v) is 17.2. The first-order valence-corrected chi connectivity index (χ1v) is 10.4. The van der Waals surface area contributed by atoms with E-state index in [2.05, 4.69) is 9.97 Å². The van der Waals surface area contributed by atoms with Gasteiger partial charge in [-0.15, -0.1) is 0 Å². The lowest BCUT2D eigenvalue weighted by Crippen LogP contribution is -2.05. The molecule has 0 bridgehead atoms. The van der Waals surface area contributed by atoms with Gasteiger partial charge < -0.3 is 15.5 Å². The largest absolute Gasteiger partial charge is 0.492 e. The highest BCUT2D eigenvalue weighted by Gasteiger charge is 2.34. The van der Waals surface area contributed by atoms with Crippen molar-refractivity contribution in [2.24, 2.45) is 5.73 Å². The number of nitrogens with two attached hydrogens (primary N) is 1. The minimum absolute atomic E-state index is 0.110. The number of ether oxygens (including phenoxy) is 1. The molecule has 2 aromatic carbocycles. The van der Waals surface area contributed by atoms with Gasteiger partial charge in [0.05, 0.1) is 23.4 Å². The molecule has 3 N–H and O–H groups in total. The number of aromatic nitrogens is 2. The van der Waals surface area contributed by atoms with E-state index >= 15 is 0 Å². The normalized spacial score (nSPS) is 12.0. The van der Waals surface area contributed by atoms with Gasteiger partial charge in [-0.05, 0) is 62.6 Å². The number of fused-ring (bicyclic) bond motifs is 2. The van der Waals surface area contributed by atoms with E-state index in [0.717, 1.165) is 35.4 Å². The van der Waals surface area contributed by atoms with Crippen LogP contribution in [0, 0.1) is 0 Å². The standard InChI is InChI=1S/C24H24F3N3O/c1-2-31-20-12-11-18(17-9-6-14-29-23(17)20)21-15(7-3-4-13-28)16-8-5-10-19(22(16)30-21)24(25,26)27/h5-6,8-12,14,30H,2-4,7,13,28H2,1H3. The van der Waals surface area contributed by atoms with Crippen LogP contribution in [0.5, 0.6) is 5.75 Å². The number of benzene rings is 2. The average molecular weight is 427 g/mol. The molecule has 0 unspecified atom stereocenters. The fourth-order valence-corrected chi connectivity index (χ4v) is 4.08. The number of pyridine rings is 1. The zero-order chi connectivity index (χ0) is 22.0. The molecule has 4 aromatic rings. The molecule has 2 heterocycles. The fraction of sp³-hybridized carbons (Fsp3) is 0.292. The fourth-order valence-electron chi connectivity index (χ4n) is 4.08. The van der Waals surface area contributed by atoms with Gasteiger partial charge in [0, 0.05) is 22.5 Å². The molecule has 0 spiro atoms. The molecule has 0 saturated carbocycles. The van der Waals surface area contributed by atoms with Crippen LogP contribution in [0.1, 0.15) is 30.9 Å². The molecule has 0 amide bonds. The summed E-state index contributed by atoms with van der Waals surface area (Å²) in [5, 5.41) is 1.42. The monoisotopic (exact) mass is 427 g/mol. The predicted molar refractivity (Wildman–Crippen MR) is 117 cm³/mol. The number of rotatable bonds is 7. The van der Waals surface area contributed by atoms with Crippen molar-refractivity contribution in [3.63, 3.8) is 0 Å². The van der Waals surface area contributed by atoms with E-state index in [0.29, 0.717) is 41.9 Å². The van der Waals surface area contributed by atoms with E-state index in [1.807, 2.05) is 31.2 Å². The van der Waals surface area contributed by atoms with Crippen molar-refractivity contribution in [2.45, 2.75) is 32.4 Å². The van der Waals surface area contributed by atoms with Gasteiger partial charge in [0.25, 0.3) is 0 Å². The molecule has 2 aromatic heterocycles. The Balaban J connectivity index is 1.99. The Bertz CT molecular complexity index is 1210. The Kier molecular flexibility index (Phi) is 5.87. The molecule has 4 rings (SSSR count). The predicted octanol–water partition coefficient (Wildman–Crippen LogP) is 6.08. The van der Waals surface area contributed by atoms with Gasteiger partial charge in [-0.25, -0.2) is 0 Å². The first kappa shape index (κ1) is 21.2. The molecular weight excluding hydrogens is 403 g/mol. The summed E-state index contributed by atoms with van der Waals surface area (Å²) in [6, 6.07) is 11.8. The average Bonchev–Trinajstić information content (AvgIpc) is 3.12. The number of aromatic amines is 1. The maximum Gasteiger partial charge on any atom is 0.418 e. The summed E-state index contributed by atoms with van der Waals surface area (Å²) in [5.41, 5.74) is 8.14. The second-order valence-corrected chi connectivity index (χ2v) is 7.39. The number of para-hydroxylation sites is 1. The summed E-state index contributed by atoms with van der Waals surface area (Å²) in [7, 11) is 0. The number of hydrogen-bond donors (Lipinski definition) is 2. The van der Waals surface area contributed by atoms with E-state index < -0.39 is 11.7 Å². The van der Waals surface area contributed by atoms with Crippen LogP contribution in [-0.2, 0) is 12.6 Å². The number of nitrogens with one attached hydrogen (secondary N) is 1. The van der Waals surface area contributed by atoms with E-state index in [1.54, 1.807) is 12.3 Å². The van der Waals surface area contributed by atoms with Crippen LogP contribution in [0.2, 0.25) is 0 Å². The number of alkyl halides is 3. The van der Waals surface area contributed by atoms with Gasteiger partial charge >= 0.3 is 6.18 Å². The molecule has 0 aliphatic carbocycles. The van der Waals surface area contributed by atoms with Crippen LogP contribution in [0.25, 0.3) is 33.1 Å². The van der Waals surface area contributed by atoms with Gasteiger partial charge in [-0.3, -0.25) is 4.98 Å².